The number of ketones is 1. The number of unbranched alkanes of at least 4 members (excludes halogenated alkanes) is 2. The van der Waals surface area contributed by atoms with Crippen molar-refractivity contribution in [2.75, 3.05) is 18.5 Å². The van der Waals surface area contributed by atoms with Gasteiger partial charge in [0.2, 0.25) is 0 Å². The highest BCUT2D eigenvalue weighted by Crippen LogP contribution is 2.12. The predicted octanol–water partition coefficient (Wildman–Crippen LogP) is 2.91. The van der Waals surface area contributed by atoms with Crippen molar-refractivity contribution in [3.05, 3.63) is 24.0 Å². The van der Waals surface area contributed by atoms with E-state index in [1.54, 1.807) is 12.3 Å². The van der Waals surface area contributed by atoms with Crippen LogP contribution in [0.2, 0.25) is 0 Å². The number of pyridine rings is 1. The van der Waals surface area contributed by atoms with Gasteiger partial charge in [0.1, 0.15) is 5.69 Å². The summed E-state index contributed by atoms with van der Waals surface area (Å²) in [6.45, 7) is 4.77. The molecule has 3 nitrogen and oxygen atoms in total. The lowest BCUT2D eigenvalue weighted by molar-refractivity contribution is 0.101. The molecule has 0 saturated carbocycles. The van der Waals surface area contributed by atoms with Gasteiger partial charge in [-0.15, -0.1) is 0 Å². The van der Waals surface area contributed by atoms with E-state index in [9.17, 15) is 4.79 Å². The number of carbonyl (C=O) groups is 1. The van der Waals surface area contributed by atoms with Crippen LogP contribution in [0.1, 0.15) is 43.6 Å². The Bertz CT molecular complexity index is 332. The molecule has 0 radical (unpaired) electrons. The van der Waals surface area contributed by atoms with Crippen molar-refractivity contribution in [2.45, 2.75) is 33.1 Å². The van der Waals surface area contributed by atoms with Gasteiger partial charge in [-0.25, -0.2) is 0 Å². The Balaban J connectivity index is 2.56. The highest BCUT2D eigenvalue weighted by molar-refractivity contribution is 5.92. The van der Waals surface area contributed by atoms with Gasteiger partial charge in [-0.3, -0.25) is 9.78 Å². The maximum Gasteiger partial charge on any atom is 0.178 e. The highest BCUT2D eigenvalue weighted by atomic mass is 16.1. The van der Waals surface area contributed by atoms with Crippen LogP contribution in [-0.4, -0.2) is 24.4 Å². The maximum absolute atomic E-state index is 11.1. The molecule has 16 heavy (non-hydrogen) atoms. The Morgan fingerprint density at radius 1 is 1.38 bits per heavy atom. The Labute approximate surface area is 97.5 Å². The van der Waals surface area contributed by atoms with Crippen molar-refractivity contribution >= 4 is 11.5 Å². The fourth-order valence-electron chi connectivity index (χ4n) is 1.55. The number of hydrogen-bond donors (Lipinski definition) is 0. The molecule has 3 heteroatoms. The van der Waals surface area contributed by atoms with Crippen molar-refractivity contribution < 1.29 is 4.79 Å². The molecule has 0 aliphatic carbocycles. The summed E-state index contributed by atoms with van der Waals surface area (Å²) in [6.07, 6.45) is 5.45. The Hall–Kier alpha value is -1.38. The number of hydrogen-bond acceptors (Lipinski definition) is 3. The second-order valence-electron chi connectivity index (χ2n) is 4.09. The largest absolute Gasteiger partial charge is 0.373 e. The van der Waals surface area contributed by atoms with Crippen LogP contribution >= 0.6 is 0 Å². The molecule has 1 heterocycles. The quantitative estimate of drug-likeness (QED) is 0.546. The zero-order valence-electron chi connectivity index (χ0n) is 10.4. The van der Waals surface area contributed by atoms with Gasteiger partial charge in [0, 0.05) is 20.5 Å². The molecular formula is C13H20N2O. The SMILES string of the molecule is CCCCCN(C)c1ccc(C(C)=O)nc1. The van der Waals surface area contributed by atoms with Gasteiger partial charge in [-0.2, -0.15) is 0 Å². The molecule has 0 unspecified atom stereocenters. The first kappa shape index (κ1) is 12.7. The van der Waals surface area contributed by atoms with Crippen molar-refractivity contribution in [3.8, 4) is 0 Å². The molecule has 1 aromatic rings. The Kier molecular flexibility index (Phi) is 4.96. The zero-order chi connectivity index (χ0) is 12.0. The fourth-order valence-corrected chi connectivity index (χ4v) is 1.55. The first-order chi connectivity index (χ1) is 7.65. The summed E-state index contributed by atoms with van der Waals surface area (Å²) in [4.78, 5) is 17.4. The third-order valence-corrected chi connectivity index (χ3v) is 2.65. The minimum absolute atomic E-state index is 0.0141. The summed E-state index contributed by atoms with van der Waals surface area (Å²) < 4.78 is 0. The van der Waals surface area contributed by atoms with Gasteiger partial charge in [0.05, 0.1) is 11.9 Å². The van der Waals surface area contributed by atoms with Crippen LogP contribution in [0.25, 0.3) is 0 Å². The van der Waals surface area contributed by atoms with Gasteiger partial charge < -0.3 is 4.90 Å². The number of carbonyl (C=O) groups excluding carboxylic acids is 1. The molecule has 88 valence electrons. The van der Waals surface area contributed by atoms with Crippen LogP contribution in [0.5, 0.6) is 0 Å². The third kappa shape index (κ3) is 3.65. The van der Waals surface area contributed by atoms with E-state index in [0.717, 1.165) is 12.2 Å². The Morgan fingerprint density at radius 2 is 2.12 bits per heavy atom. The van der Waals surface area contributed by atoms with Gasteiger partial charge >= 0.3 is 0 Å². The van der Waals surface area contributed by atoms with E-state index in [2.05, 4.69) is 23.9 Å². The monoisotopic (exact) mass is 220 g/mol. The normalized spacial score (nSPS) is 10.2. The van der Waals surface area contributed by atoms with E-state index in [0.29, 0.717) is 5.69 Å². The smallest absolute Gasteiger partial charge is 0.178 e. The molecule has 1 rings (SSSR count). The molecule has 1 aromatic heterocycles. The molecule has 0 aromatic carbocycles. The summed E-state index contributed by atoms with van der Waals surface area (Å²) in [5.74, 6) is 0.0141. The third-order valence-electron chi connectivity index (χ3n) is 2.65. The molecule has 0 atom stereocenters. The van der Waals surface area contributed by atoms with Gasteiger partial charge in [0.25, 0.3) is 0 Å². The standard InChI is InChI=1S/C13H20N2O/c1-4-5-6-9-15(3)12-7-8-13(11(2)16)14-10-12/h7-8,10H,4-6,9H2,1-3H3. The van der Waals surface area contributed by atoms with Crippen LogP contribution in [0.3, 0.4) is 0 Å². The van der Waals surface area contributed by atoms with E-state index in [1.807, 2.05) is 6.07 Å². The van der Waals surface area contributed by atoms with Gasteiger partial charge in [0.15, 0.2) is 5.78 Å². The molecule has 0 fully saturated rings. The predicted molar refractivity (Wildman–Crippen MR) is 67.0 cm³/mol. The number of rotatable bonds is 6. The molecular weight excluding hydrogens is 200 g/mol. The van der Waals surface area contributed by atoms with Gasteiger partial charge in [-0.05, 0) is 18.6 Å². The number of aromatic nitrogens is 1. The fraction of sp³-hybridized carbons (Fsp3) is 0.538. The Morgan fingerprint density at radius 3 is 2.62 bits per heavy atom. The second kappa shape index (κ2) is 6.26. The van der Waals surface area contributed by atoms with Gasteiger partial charge in [-0.1, -0.05) is 19.8 Å². The topological polar surface area (TPSA) is 33.2 Å². The average Bonchev–Trinajstić information content (AvgIpc) is 2.29. The molecule has 0 spiro atoms. The number of nitrogens with zero attached hydrogens (tertiary/aromatic N) is 2. The van der Waals surface area contributed by atoms with E-state index in [4.69, 9.17) is 0 Å². The summed E-state index contributed by atoms with van der Waals surface area (Å²) in [6, 6.07) is 3.74. The molecule has 0 saturated heterocycles. The second-order valence-corrected chi connectivity index (χ2v) is 4.09. The van der Waals surface area contributed by atoms with Crippen LogP contribution < -0.4 is 4.90 Å². The van der Waals surface area contributed by atoms with Crippen LogP contribution in [-0.2, 0) is 0 Å². The molecule has 0 amide bonds. The van der Waals surface area contributed by atoms with E-state index in [1.165, 1.54) is 26.2 Å². The lowest BCUT2D eigenvalue weighted by atomic mass is 10.2. The molecule has 0 N–H and O–H groups in total. The number of anilines is 1. The zero-order valence-corrected chi connectivity index (χ0v) is 10.4. The lowest BCUT2D eigenvalue weighted by Crippen LogP contribution is -2.18. The van der Waals surface area contributed by atoms with Crippen molar-refractivity contribution in [1.82, 2.24) is 4.98 Å². The molecule has 0 aliphatic rings. The van der Waals surface area contributed by atoms with Crippen molar-refractivity contribution in [1.29, 1.82) is 0 Å². The minimum atomic E-state index is 0.0141. The lowest BCUT2D eigenvalue weighted by Gasteiger charge is -2.18. The molecule has 0 aliphatic heterocycles. The molecule has 0 bridgehead atoms. The van der Waals surface area contributed by atoms with Crippen molar-refractivity contribution in [3.63, 3.8) is 0 Å². The van der Waals surface area contributed by atoms with E-state index in [-0.39, 0.29) is 5.78 Å². The van der Waals surface area contributed by atoms with E-state index >= 15 is 0 Å². The van der Waals surface area contributed by atoms with Crippen LogP contribution in [0.15, 0.2) is 18.3 Å². The first-order valence-corrected chi connectivity index (χ1v) is 5.83. The average molecular weight is 220 g/mol. The first-order valence-electron chi connectivity index (χ1n) is 5.83. The summed E-state index contributed by atoms with van der Waals surface area (Å²) in [5.41, 5.74) is 1.60. The summed E-state index contributed by atoms with van der Waals surface area (Å²) in [5, 5.41) is 0. The summed E-state index contributed by atoms with van der Waals surface area (Å²) in [7, 11) is 2.06. The number of Topliss-reactive ketones (excluding diaryl/α,β-unsaturated/α-hetero) is 1. The van der Waals surface area contributed by atoms with Crippen LogP contribution in [0.4, 0.5) is 5.69 Å². The highest BCUT2D eigenvalue weighted by Gasteiger charge is 2.03. The van der Waals surface area contributed by atoms with E-state index < -0.39 is 0 Å². The minimum Gasteiger partial charge on any atom is -0.373 e. The van der Waals surface area contributed by atoms with Crippen molar-refractivity contribution in [2.24, 2.45) is 0 Å². The van der Waals surface area contributed by atoms with Crippen LogP contribution in [0, 0.1) is 0 Å². The maximum atomic E-state index is 11.1. The summed E-state index contributed by atoms with van der Waals surface area (Å²) >= 11 is 0.